The number of hydrogen-bond acceptors (Lipinski definition) is 2. The van der Waals surface area contributed by atoms with Gasteiger partial charge in [0.05, 0.1) is 0 Å². The van der Waals surface area contributed by atoms with Crippen LogP contribution in [0.1, 0.15) is 18.2 Å². The van der Waals surface area contributed by atoms with E-state index in [0.29, 0.717) is 12.5 Å². The minimum atomic E-state index is 0. The van der Waals surface area contributed by atoms with Crippen molar-refractivity contribution in [1.82, 2.24) is 0 Å². The number of furan rings is 1. The van der Waals surface area contributed by atoms with Crippen molar-refractivity contribution in [2.45, 2.75) is 19.8 Å². The topological polar surface area (TPSA) is 63.5 Å². The smallest absolute Gasteiger partial charge is 0.193 e. The molecular weight excluding hydrogens is 413 g/mol. The fourth-order valence-electron chi connectivity index (χ4n) is 2.46. The molecule has 3 N–H and O–H groups in total. The van der Waals surface area contributed by atoms with Crippen LogP contribution in [0, 0.1) is 0 Å². The molecule has 5 heteroatoms. The number of aryl methyl sites for hydroxylation is 1. The Balaban J connectivity index is 0.00000208. The van der Waals surface area contributed by atoms with Crippen molar-refractivity contribution in [2.24, 2.45) is 10.7 Å². The number of nitrogens with two attached hydrogens (primary N) is 1. The molecule has 1 aromatic heterocycles. The lowest BCUT2D eigenvalue weighted by Crippen LogP contribution is -2.23. The van der Waals surface area contributed by atoms with Crippen molar-refractivity contribution < 1.29 is 4.42 Å². The van der Waals surface area contributed by atoms with Gasteiger partial charge in [0.25, 0.3) is 0 Å². The van der Waals surface area contributed by atoms with Gasteiger partial charge in [-0.1, -0.05) is 37.3 Å². The monoisotopic (exact) mass is 435 g/mol. The molecule has 0 aliphatic rings. The Hall–Kier alpha value is -2.02. The second-order valence-electron chi connectivity index (χ2n) is 5.44. The zero-order valence-corrected chi connectivity index (χ0v) is 16.0. The molecule has 0 aliphatic heterocycles. The summed E-state index contributed by atoms with van der Waals surface area (Å²) in [6, 6.07) is 18.2. The lowest BCUT2D eigenvalue weighted by molar-refractivity contribution is 0.550. The van der Waals surface area contributed by atoms with Crippen LogP contribution < -0.4 is 11.1 Å². The third-order valence-electron chi connectivity index (χ3n) is 3.75. The highest BCUT2D eigenvalue weighted by molar-refractivity contribution is 14.0. The quantitative estimate of drug-likeness (QED) is 0.350. The minimum Gasteiger partial charge on any atom is -0.461 e. The van der Waals surface area contributed by atoms with Gasteiger partial charge in [0.1, 0.15) is 11.3 Å². The summed E-state index contributed by atoms with van der Waals surface area (Å²) in [5, 5.41) is 4.22. The maximum absolute atomic E-state index is 5.92. The number of nitrogens with zero attached hydrogens (tertiary/aromatic N) is 1. The molecule has 0 aliphatic carbocycles. The molecule has 24 heavy (non-hydrogen) atoms. The minimum absolute atomic E-state index is 0. The number of fused-ring (bicyclic) bond motifs is 1. The van der Waals surface area contributed by atoms with Crippen LogP contribution in [0.5, 0.6) is 0 Å². The van der Waals surface area contributed by atoms with E-state index in [-0.39, 0.29) is 24.0 Å². The van der Waals surface area contributed by atoms with Crippen molar-refractivity contribution in [1.29, 1.82) is 0 Å². The molecule has 0 fully saturated rings. The number of anilines is 1. The first kappa shape index (κ1) is 18.3. The second-order valence-corrected chi connectivity index (χ2v) is 5.44. The molecule has 126 valence electrons. The van der Waals surface area contributed by atoms with Crippen LogP contribution >= 0.6 is 24.0 Å². The Bertz CT molecular complexity index is 776. The van der Waals surface area contributed by atoms with Gasteiger partial charge < -0.3 is 15.5 Å². The summed E-state index contributed by atoms with van der Waals surface area (Å²) in [6.07, 6.45) is 1.76. The van der Waals surface area contributed by atoms with Crippen molar-refractivity contribution in [3.63, 3.8) is 0 Å². The first-order valence-electron chi connectivity index (χ1n) is 7.88. The third-order valence-corrected chi connectivity index (χ3v) is 3.75. The molecule has 0 amide bonds. The Morgan fingerprint density at radius 1 is 1.12 bits per heavy atom. The largest absolute Gasteiger partial charge is 0.461 e. The summed E-state index contributed by atoms with van der Waals surface area (Å²) in [5.74, 6) is 1.35. The average Bonchev–Trinajstić information content (AvgIpc) is 2.98. The SMILES string of the molecule is CCc1ccc(NC(N)=NCCc2cc3ccccc3o2)cc1.I. The maximum atomic E-state index is 5.92. The zero-order chi connectivity index (χ0) is 16.1. The van der Waals surface area contributed by atoms with E-state index in [4.69, 9.17) is 10.2 Å². The van der Waals surface area contributed by atoms with Gasteiger partial charge in [0.15, 0.2) is 5.96 Å². The van der Waals surface area contributed by atoms with Crippen LogP contribution in [-0.4, -0.2) is 12.5 Å². The van der Waals surface area contributed by atoms with Gasteiger partial charge >= 0.3 is 0 Å². The maximum Gasteiger partial charge on any atom is 0.193 e. The predicted octanol–water partition coefficient (Wildman–Crippen LogP) is 4.58. The standard InChI is InChI=1S/C19H21N3O.HI/c1-2-14-7-9-16(10-8-14)22-19(20)21-12-11-17-13-15-5-3-4-6-18(15)23-17;/h3-10,13H,2,11-12H2,1H3,(H3,20,21,22);1H. The molecule has 3 aromatic rings. The van der Waals surface area contributed by atoms with E-state index >= 15 is 0 Å². The Kier molecular flexibility index (Phi) is 6.66. The summed E-state index contributed by atoms with van der Waals surface area (Å²) < 4.78 is 5.76. The van der Waals surface area contributed by atoms with Crippen molar-refractivity contribution >= 4 is 46.6 Å². The summed E-state index contributed by atoms with van der Waals surface area (Å²) in [4.78, 5) is 4.35. The van der Waals surface area contributed by atoms with Crippen molar-refractivity contribution in [2.75, 3.05) is 11.9 Å². The number of hydrogen-bond donors (Lipinski definition) is 2. The second kappa shape index (κ2) is 8.73. The van der Waals surface area contributed by atoms with Gasteiger partial charge in [0.2, 0.25) is 0 Å². The summed E-state index contributed by atoms with van der Waals surface area (Å²) in [7, 11) is 0. The number of benzene rings is 2. The van der Waals surface area contributed by atoms with E-state index in [1.165, 1.54) is 5.56 Å². The van der Waals surface area contributed by atoms with E-state index in [0.717, 1.165) is 35.3 Å². The van der Waals surface area contributed by atoms with Crippen LogP contribution in [0.4, 0.5) is 5.69 Å². The lowest BCUT2D eigenvalue weighted by atomic mass is 10.1. The Labute approximate surface area is 159 Å². The summed E-state index contributed by atoms with van der Waals surface area (Å²) in [5.41, 5.74) is 9.09. The molecule has 0 unspecified atom stereocenters. The van der Waals surface area contributed by atoms with E-state index in [1.807, 2.05) is 36.4 Å². The molecule has 2 aromatic carbocycles. The van der Waals surface area contributed by atoms with E-state index in [2.05, 4.69) is 35.4 Å². The first-order chi connectivity index (χ1) is 11.2. The number of aliphatic imine (C=N–C) groups is 1. The Morgan fingerprint density at radius 2 is 1.88 bits per heavy atom. The predicted molar refractivity (Wildman–Crippen MR) is 111 cm³/mol. The van der Waals surface area contributed by atoms with Gasteiger partial charge in [-0.15, -0.1) is 24.0 Å². The van der Waals surface area contributed by atoms with E-state index in [1.54, 1.807) is 0 Å². The molecule has 0 spiro atoms. The van der Waals surface area contributed by atoms with Crippen LogP contribution in [0.15, 0.2) is 64.0 Å². The van der Waals surface area contributed by atoms with Crippen molar-refractivity contribution in [3.8, 4) is 0 Å². The zero-order valence-electron chi connectivity index (χ0n) is 13.7. The number of para-hydroxylation sites is 1. The number of halogens is 1. The van der Waals surface area contributed by atoms with Crippen LogP contribution in [0.25, 0.3) is 11.0 Å². The number of guanidine groups is 1. The van der Waals surface area contributed by atoms with E-state index < -0.39 is 0 Å². The van der Waals surface area contributed by atoms with Gasteiger partial charge in [-0.05, 0) is 36.2 Å². The molecule has 3 rings (SSSR count). The van der Waals surface area contributed by atoms with Crippen LogP contribution in [0.3, 0.4) is 0 Å². The molecule has 0 saturated heterocycles. The number of nitrogens with one attached hydrogen (secondary N) is 1. The fourth-order valence-corrected chi connectivity index (χ4v) is 2.46. The summed E-state index contributed by atoms with van der Waals surface area (Å²) in [6.45, 7) is 2.72. The highest BCUT2D eigenvalue weighted by atomic mass is 127. The average molecular weight is 435 g/mol. The van der Waals surface area contributed by atoms with Crippen LogP contribution in [0.2, 0.25) is 0 Å². The first-order valence-corrected chi connectivity index (χ1v) is 7.88. The molecule has 0 radical (unpaired) electrons. The van der Waals surface area contributed by atoms with E-state index in [9.17, 15) is 0 Å². The molecule has 4 nitrogen and oxygen atoms in total. The van der Waals surface area contributed by atoms with Gasteiger partial charge in [-0.3, -0.25) is 4.99 Å². The van der Waals surface area contributed by atoms with Crippen molar-refractivity contribution in [3.05, 3.63) is 65.9 Å². The van der Waals surface area contributed by atoms with Gasteiger partial charge in [-0.25, -0.2) is 0 Å². The fraction of sp³-hybridized carbons (Fsp3) is 0.211. The molecule has 0 atom stereocenters. The lowest BCUT2D eigenvalue weighted by Gasteiger charge is -2.06. The molecule has 0 bridgehead atoms. The highest BCUT2D eigenvalue weighted by Crippen LogP contribution is 2.19. The summed E-state index contributed by atoms with van der Waals surface area (Å²) >= 11 is 0. The molecular formula is C19H22IN3O. The normalized spacial score (nSPS) is 11.3. The molecule has 1 heterocycles. The Morgan fingerprint density at radius 3 is 2.58 bits per heavy atom. The molecule has 0 saturated carbocycles. The third kappa shape index (κ3) is 4.74. The van der Waals surface area contributed by atoms with Crippen LogP contribution in [-0.2, 0) is 12.8 Å². The number of rotatable bonds is 5. The highest BCUT2D eigenvalue weighted by Gasteiger charge is 2.02. The van der Waals surface area contributed by atoms with Gasteiger partial charge in [-0.2, -0.15) is 0 Å². The van der Waals surface area contributed by atoms with Gasteiger partial charge in [0, 0.05) is 24.0 Å².